The first-order valence-corrected chi connectivity index (χ1v) is 10.2. The summed E-state index contributed by atoms with van der Waals surface area (Å²) in [4.78, 5) is 33.3. The molecule has 0 saturated carbocycles. The Hall–Kier alpha value is -3.47. The molecule has 5 heteroatoms. The van der Waals surface area contributed by atoms with E-state index in [-0.39, 0.29) is 17.9 Å². The average Bonchev–Trinajstić information content (AvgIpc) is 3.27. The van der Waals surface area contributed by atoms with E-state index in [1.807, 2.05) is 85.5 Å². The molecule has 2 aromatic carbocycles. The molecule has 2 aliphatic heterocycles. The minimum atomic E-state index is -0.787. The maximum atomic E-state index is 13.7. The zero-order chi connectivity index (χ0) is 20.9. The summed E-state index contributed by atoms with van der Waals surface area (Å²) < 4.78 is 0. The van der Waals surface area contributed by atoms with Gasteiger partial charge in [-0.15, -0.1) is 0 Å². The molecular formula is C25H23N3O2. The van der Waals surface area contributed by atoms with Crippen LogP contribution in [0.1, 0.15) is 45.3 Å². The SMILES string of the molecule is Cc1cc(C(=O)N2CC[C@]3(C(=O)Nc4ccccc43)[C@@H]2c2ccccc2)cc(C)n1. The molecule has 2 aliphatic rings. The van der Waals surface area contributed by atoms with Gasteiger partial charge in [0.2, 0.25) is 5.91 Å². The fourth-order valence-corrected chi connectivity index (χ4v) is 5.13. The third-order valence-corrected chi connectivity index (χ3v) is 6.29. The lowest BCUT2D eigenvalue weighted by Gasteiger charge is -2.34. The van der Waals surface area contributed by atoms with Gasteiger partial charge in [-0.05, 0) is 49.6 Å². The van der Waals surface area contributed by atoms with Crippen LogP contribution in [-0.2, 0) is 10.2 Å². The van der Waals surface area contributed by atoms with E-state index in [0.29, 0.717) is 18.5 Å². The molecule has 30 heavy (non-hydrogen) atoms. The zero-order valence-electron chi connectivity index (χ0n) is 17.1. The number of nitrogens with zero attached hydrogens (tertiary/aromatic N) is 2. The van der Waals surface area contributed by atoms with Crippen molar-refractivity contribution in [1.82, 2.24) is 9.88 Å². The second-order valence-corrected chi connectivity index (χ2v) is 8.17. The van der Waals surface area contributed by atoms with E-state index in [9.17, 15) is 9.59 Å². The van der Waals surface area contributed by atoms with Gasteiger partial charge in [-0.2, -0.15) is 0 Å². The Morgan fingerprint density at radius 1 is 1.03 bits per heavy atom. The highest BCUT2D eigenvalue weighted by Crippen LogP contribution is 2.54. The van der Waals surface area contributed by atoms with E-state index in [4.69, 9.17) is 0 Å². The van der Waals surface area contributed by atoms with Gasteiger partial charge in [0.25, 0.3) is 5.91 Å². The average molecular weight is 397 g/mol. The number of para-hydroxylation sites is 1. The molecule has 1 aromatic heterocycles. The molecular weight excluding hydrogens is 374 g/mol. The van der Waals surface area contributed by atoms with Crippen molar-refractivity contribution >= 4 is 17.5 Å². The number of nitrogens with one attached hydrogen (secondary N) is 1. The number of rotatable bonds is 2. The number of carbonyl (C=O) groups excluding carboxylic acids is 2. The largest absolute Gasteiger partial charge is 0.330 e. The van der Waals surface area contributed by atoms with E-state index in [1.54, 1.807) is 0 Å². The molecule has 0 bridgehead atoms. The van der Waals surface area contributed by atoms with Gasteiger partial charge < -0.3 is 10.2 Å². The van der Waals surface area contributed by atoms with Crippen molar-refractivity contribution in [2.24, 2.45) is 0 Å². The van der Waals surface area contributed by atoms with Crippen LogP contribution in [0.15, 0.2) is 66.7 Å². The number of benzene rings is 2. The van der Waals surface area contributed by atoms with Gasteiger partial charge in [0.1, 0.15) is 5.41 Å². The molecule has 5 rings (SSSR count). The maximum Gasteiger partial charge on any atom is 0.254 e. The Morgan fingerprint density at radius 3 is 2.43 bits per heavy atom. The first kappa shape index (κ1) is 18.6. The fourth-order valence-electron chi connectivity index (χ4n) is 5.13. The Kier molecular flexibility index (Phi) is 4.21. The van der Waals surface area contributed by atoms with Crippen molar-refractivity contribution < 1.29 is 9.59 Å². The summed E-state index contributed by atoms with van der Waals surface area (Å²) in [7, 11) is 0. The topological polar surface area (TPSA) is 62.3 Å². The van der Waals surface area contributed by atoms with Crippen LogP contribution in [0.3, 0.4) is 0 Å². The third kappa shape index (κ3) is 2.65. The number of fused-ring (bicyclic) bond motifs is 2. The van der Waals surface area contributed by atoms with Crippen LogP contribution in [0, 0.1) is 13.8 Å². The van der Waals surface area contributed by atoms with Gasteiger partial charge in [0, 0.05) is 29.2 Å². The van der Waals surface area contributed by atoms with Crippen LogP contribution in [-0.4, -0.2) is 28.2 Å². The quantitative estimate of drug-likeness (QED) is 0.706. The van der Waals surface area contributed by atoms with Gasteiger partial charge in [0.05, 0.1) is 6.04 Å². The predicted octanol–water partition coefficient (Wildman–Crippen LogP) is 4.18. The van der Waals surface area contributed by atoms with Gasteiger partial charge in [-0.3, -0.25) is 14.6 Å². The number of aromatic nitrogens is 1. The Bertz CT molecular complexity index is 1140. The van der Waals surface area contributed by atoms with Crippen LogP contribution in [0.5, 0.6) is 0 Å². The number of pyridine rings is 1. The third-order valence-electron chi connectivity index (χ3n) is 6.29. The summed E-state index contributed by atoms with van der Waals surface area (Å²) in [5.41, 5.74) is 4.24. The van der Waals surface area contributed by atoms with E-state index < -0.39 is 5.41 Å². The van der Waals surface area contributed by atoms with Crippen molar-refractivity contribution in [1.29, 1.82) is 0 Å². The van der Waals surface area contributed by atoms with Crippen molar-refractivity contribution in [3.05, 3.63) is 94.8 Å². The summed E-state index contributed by atoms with van der Waals surface area (Å²) in [5, 5.41) is 3.06. The van der Waals surface area contributed by atoms with Crippen molar-refractivity contribution in [3.63, 3.8) is 0 Å². The first-order valence-electron chi connectivity index (χ1n) is 10.2. The normalized spacial score (nSPS) is 22.3. The van der Waals surface area contributed by atoms with Gasteiger partial charge in [-0.1, -0.05) is 48.5 Å². The highest BCUT2D eigenvalue weighted by atomic mass is 16.2. The number of anilines is 1. The van der Waals surface area contributed by atoms with E-state index in [0.717, 1.165) is 28.2 Å². The monoisotopic (exact) mass is 397 g/mol. The number of likely N-dealkylation sites (tertiary alicyclic amines) is 1. The van der Waals surface area contributed by atoms with E-state index >= 15 is 0 Å². The number of hydrogen-bond acceptors (Lipinski definition) is 3. The predicted molar refractivity (Wildman–Crippen MR) is 115 cm³/mol. The lowest BCUT2D eigenvalue weighted by Crippen LogP contribution is -2.42. The summed E-state index contributed by atoms with van der Waals surface area (Å²) >= 11 is 0. The van der Waals surface area contributed by atoms with Crippen LogP contribution in [0.25, 0.3) is 0 Å². The highest BCUT2D eigenvalue weighted by molar-refractivity contribution is 6.08. The summed E-state index contributed by atoms with van der Waals surface area (Å²) in [6.07, 6.45) is 0.587. The second-order valence-electron chi connectivity index (χ2n) is 8.17. The number of aryl methyl sites for hydroxylation is 2. The molecule has 2 atom stereocenters. The molecule has 1 fully saturated rings. The molecule has 0 unspecified atom stereocenters. The van der Waals surface area contributed by atoms with Crippen LogP contribution >= 0.6 is 0 Å². The molecule has 3 aromatic rings. The first-order chi connectivity index (χ1) is 14.5. The molecule has 3 heterocycles. The van der Waals surface area contributed by atoms with Gasteiger partial charge in [0.15, 0.2) is 0 Å². The maximum absolute atomic E-state index is 13.7. The Morgan fingerprint density at radius 2 is 1.70 bits per heavy atom. The van der Waals surface area contributed by atoms with E-state index in [1.165, 1.54) is 0 Å². The Balaban J connectivity index is 1.67. The lowest BCUT2D eigenvalue weighted by atomic mass is 9.72. The number of hydrogen-bond donors (Lipinski definition) is 1. The van der Waals surface area contributed by atoms with Gasteiger partial charge >= 0.3 is 0 Å². The van der Waals surface area contributed by atoms with Crippen molar-refractivity contribution in [3.8, 4) is 0 Å². The van der Waals surface area contributed by atoms with Crippen molar-refractivity contribution in [2.75, 3.05) is 11.9 Å². The standard InChI is InChI=1S/C25H23N3O2/c1-16-14-19(15-17(2)26-16)23(29)28-13-12-25(22(28)18-8-4-3-5-9-18)20-10-6-7-11-21(20)27-24(25)30/h3-11,14-15,22H,12-13H2,1-2H3,(H,27,30)/t22-,25+/m0/s1. The minimum Gasteiger partial charge on any atom is -0.330 e. The van der Waals surface area contributed by atoms with E-state index in [2.05, 4.69) is 10.3 Å². The molecule has 1 saturated heterocycles. The van der Waals surface area contributed by atoms with Crippen LogP contribution in [0.4, 0.5) is 5.69 Å². The summed E-state index contributed by atoms with van der Waals surface area (Å²) in [6.45, 7) is 4.30. The van der Waals surface area contributed by atoms with Crippen LogP contribution in [0.2, 0.25) is 0 Å². The second kappa shape index (κ2) is 6.80. The van der Waals surface area contributed by atoms with Gasteiger partial charge in [-0.25, -0.2) is 0 Å². The molecule has 150 valence electrons. The smallest absolute Gasteiger partial charge is 0.254 e. The number of carbonyl (C=O) groups is 2. The summed E-state index contributed by atoms with van der Waals surface area (Å²) in [6, 6.07) is 21.0. The molecule has 1 spiro atoms. The lowest BCUT2D eigenvalue weighted by molar-refractivity contribution is -0.121. The van der Waals surface area contributed by atoms with Crippen LogP contribution < -0.4 is 5.32 Å². The minimum absolute atomic E-state index is 0.0325. The molecule has 0 aliphatic carbocycles. The molecule has 2 amide bonds. The summed E-state index contributed by atoms with van der Waals surface area (Å²) in [5.74, 6) is -0.0959. The zero-order valence-corrected chi connectivity index (χ0v) is 17.1. The molecule has 1 N–H and O–H groups in total. The van der Waals surface area contributed by atoms with Crippen molar-refractivity contribution in [2.45, 2.75) is 31.7 Å². The molecule has 5 nitrogen and oxygen atoms in total. The fraction of sp³-hybridized carbons (Fsp3) is 0.240. The Labute approximate surface area is 175 Å². The highest BCUT2D eigenvalue weighted by Gasteiger charge is 2.59. The molecule has 0 radical (unpaired) electrons. The number of amides is 2.